The molecule has 0 bridgehead atoms. The fourth-order valence-corrected chi connectivity index (χ4v) is 3.33. The van der Waals surface area contributed by atoms with Gasteiger partial charge in [0.1, 0.15) is 10.8 Å². The summed E-state index contributed by atoms with van der Waals surface area (Å²) in [5.41, 5.74) is 2.82. The third-order valence-electron chi connectivity index (χ3n) is 3.63. The SMILES string of the molecule is Cc1cccc(-c2nn3c(Cc4ccccc4F)nnc3s2)c1. The van der Waals surface area contributed by atoms with Gasteiger partial charge in [-0.3, -0.25) is 0 Å². The van der Waals surface area contributed by atoms with E-state index in [0.717, 1.165) is 10.6 Å². The second kappa shape index (κ2) is 5.55. The van der Waals surface area contributed by atoms with Crippen molar-refractivity contribution in [2.75, 3.05) is 0 Å². The molecule has 0 aliphatic rings. The van der Waals surface area contributed by atoms with E-state index in [1.54, 1.807) is 16.6 Å². The summed E-state index contributed by atoms with van der Waals surface area (Å²) < 4.78 is 15.5. The van der Waals surface area contributed by atoms with Crippen molar-refractivity contribution in [3.05, 3.63) is 71.3 Å². The monoisotopic (exact) mass is 324 g/mol. The zero-order valence-corrected chi connectivity index (χ0v) is 13.2. The van der Waals surface area contributed by atoms with Crippen LogP contribution in [0.5, 0.6) is 0 Å². The highest BCUT2D eigenvalue weighted by Crippen LogP contribution is 2.26. The highest BCUT2D eigenvalue weighted by Gasteiger charge is 2.14. The fraction of sp³-hybridized carbons (Fsp3) is 0.118. The summed E-state index contributed by atoms with van der Waals surface area (Å²) in [5, 5.41) is 13.8. The van der Waals surface area contributed by atoms with Gasteiger partial charge in [0.2, 0.25) is 4.96 Å². The summed E-state index contributed by atoms with van der Waals surface area (Å²) in [6.07, 6.45) is 0.366. The molecule has 0 saturated carbocycles. The Bertz CT molecular complexity index is 989. The summed E-state index contributed by atoms with van der Waals surface area (Å²) in [6.45, 7) is 2.05. The van der Waals surface area contributed by atoms with Gasteiger partial charge in [-0.25, -0.2) is 4.39 Å². The fourth-order valence-electron chi connectivity index (χ4n) is 2.47. The van der Waals surface area contributed by atoms with E-state index in [0.29, 0.717) is 22.8 Å². The van der Waals surface area contributed by atoms with Crippen molar-refractivity contribution in [3.63, 3.8) is 0 Å². The van der Waals surface area contributed by atoms with Crippen LogP contribution >= 0.6 is 11.3 Å². The molecule has 0 saturated heterocycles. The van der Waals surface area contributed by atoms with Crippen LogP contribution in [0.15, 0.2) is 48.5 Å². The lowest BCUT2D eigenvalue weighted by Crippen LogP contribution is -1.99. The zero-order chi connectivity index (χ0) is 15.8. The first-order valence-corrected chi connectivity index (χ1v) is 8.04. The summed E-state index contributed by atoms with van der Waals surface area (Å²) in [4.78, 5) is 0.716. The smallest absolute Gasteiger partial charge is 0.207 e. The van der Waals surface area contributed by atoms with Crippen LogP contribution in [0.1, 0.15) is 17.0 Å². The van der Waals surface area contributed by atoms with Crippen LogP contribution in [0, 0.1) is 12.7 Å². The molecule has 6 heteroatoms. The Morgan fingerprint density at radius 1 is 1.09 bits per heavy atom. The average Bonchev–Trinajstić information content (AvgIpc) is 3.11. The molecule has 0 N–H and O–H groups in total. The molecule has 0 amide bonds. The summed E-state index contributed by atoms with van der Waals surface area (Å²) in [6, 6.07) is 14.9. The van der Waals surface area contributed by atoms with Gasteiger partial charge in [-0.2, -0.15) is 9.61 Å². The van der Waals surface area contributed by atoms with Crippen LogP contribution in [-0.4, -0.2) is 19.8 Å². The molecular weight excluding hydrogens is 311 g/mol. The minimum absolute atomic E-state index is 0.238. The van der Waals surface area contributed by atoms with Gasteiger partial charge in [0.25, 0.3) is 0 Å². The van der Waals surface area contributed by atoms with E-state index >= 15 is 0 Å². The van der Waals surface area contributed by atoms with Crippen molar-refractivity contribution >= 4 is 16.3 Å². The molecule has 23 heavy (non-hydrogen) atoms. The molecule has 0 aliphatic heterocycles. The predicted octanol–water partition coefficient (Wildman–Crippen LogP) is 3.89. The van der Waals surface area contributed by atoms with Gasteiger partial charge in [0, 0.05) is 12.0 Å². The molecule has 2 heterocycles. The molecule has 4 rings (SSSR count). The summed E-state index contributed by atoms with van der Waals surface area (Å²) in [5.74, 6) is 0.402. The second-order valence-electron chi connectivity index (χ2n) is 5.36. The minimum Gasteiger partial charge on any atom is -0.207 e. The maximum Gasteiger partial charge on any atom is 0.234 e. The molecule has 2 aromatic carbocycles. The van der Waals surface area contributed by atoms with Crippen molar-refractivity contribution in [2.24, 2.45) is 0 Å². The Morgan fingerprint density at radius 2 is 1.96 bits per heavy atom. The van der Waals surface area contributed by atoms with Crippen LogP contribution in [0.3, 0.4) is 0 Å². The maximum absolute atomic E-state index is 13.8. The molecule has 114 valence electrons. The minimum atomic E-state index is -0.238. The molecule has 0 fully saturated rings. The van der Waals surface area contributed by atoms with Crippen molar-refractivity contribution in [3.8, 4) is 10.6 Å². The van der Waals surface area contributed by atoms with Gasteiger partial charge in [-0.1, -0.05) is 53.3 Å². The highest BCUT2D eigenvalue weighted by molar-refractivity contribution is 7.19. The Balaban J connectivity index is 1.74. The number of benzene rings is 2. The lowest BCUT2D eigenvalue weighted by molar-refractivity contribution is 0.611. The number of aryl methyl sites for hydroxylation is 1. The maximum atomic E-state index is 13.8. The Labute approximate surface area is 136 Å². The normalized spacial score (nSPS) is 11.2. The molecule has 4 aromatic rings. The number of halogens is 1. The van der Waals surface area contributed by atoms with Crippen LogP contribution < -0.4 is 0 Å². The van der Waals surface area contributed by atoms with Gasteiger partial charge < -0.3 is 0 Å². The third kappa shape index (κ3) is 2.61. The van der Waals surface area contributed by atoms with Gasteiger partial charge >= 0.3 is 0 Å². The predicted molar refractivity (Wildman–Crippen MR) is 88.0 cm³/mol. The topological polar surface area (TPSA) is 43.1 Å². The molecule has 0 radical (unpaired) electrons. The number of aromatic nitrogens is 4. The lowest BCUT2D eigenvalue weighted by atomic mass is 10.1. The highest BCUT2D eigenvalue weighted by atomic mass is 32.1. The van der Waals surface area contributed by atoms with E-state index in [1.165, 1.54) is 23.0 Å². The van der Waals surface area contributed by atoms with E-state index in [9.17, 15) is 4.39 Å². The van der Waals surface area contributed by atoms with E-state index in [2.05, 4.69) is 21.4 Å². The standard InChI is InChI=1S/C17H13FN4S/c1-11-5-4-7-13(9-11)16-21-22-15(19-20-17(22)23-16)10-12-6-2-3-8-14(12)18/h2-9H,10H2,1H3. The number of nitrogens with zero attached hydrogens (tertiary/aromatic N) is 4. The first-order valence-electron chi connectivity index (χ1n) is 7.22. The summed E-state index contributed by atoms with van der Waals surface area (Å²) in [7, 11) is 0. The van der Waals surface area contributed by atoms with Crippen molar-refractivity contribution < 1.29 is 4.39 Å². The van der Waals surface area contributed by atoms with Crippen LogP contribution in [-0.2, 0) is 6.42 Å². The largest absolute Gasteiger partial charge is 0.234 e. The van der Waals surface area contributed by atoms with Crippen LogP contribution in [0.25, 0.3) is 15.5 Å². The van der Waals surface area contributed by atoms with Crippen LogP contribution in [0.4, 0.5) is 4.39 Å². The Hall–Kier alpha value is -2.60. The molecule has 0 atom stereocenters. The number of fused-ring (bicyclic) bond motifs is 1. The third-order valence-corrected chi connectivity index (χ3v) is 4.57. The quantitative estimate of drug-likeness (QED) is 0.574. The second-order valence-corrected chi connectivity index (χ2v) is 6.31. The van der Waals surface area contributed by atoms with Gasteiger partial charge in [-0.05, 0) is 24.6 Å². The van der Waals surface area contributed by atoms with E-state index in [4.69, 9.17) is 0 Å². The summed E-state index contributed by atoms with van der Waals surface area (Å²) >= 11 is 1.48. The Morgan fingerprint density at radius 3 is 2.78 bits per heavy atom. The van der Waals surface area contributed by atoms with Crippen LogP contribution in [0.2, 0.25) is 0 Å². The lowest BCUT2D eigenvalue weighted by Gasteiger charge is -2.00. The molecular formula is C17H13FN4S. The van der Waals surface area contributed by atoms with Crippen molar-refractivity contribution in [1.29, 1.82) is 0 Å². The van der Waals surface area contributed by atoms with E-state index in [1.807, 2.05) is 31.2 Å². The Kier molecular flexibility index (Phi) is 3.38. The molecule has 0 spiro atoms. The van der Waals surface area contributed by atoms with Gasteiger partial charge in [0.05, 0.1) is 0 Å². The number of hydrogen-bond acceptors (Lipinski definition) is 4. The molecule has 0 unspecified atom stereocenters. The van der Waals surface area contributed by atoms with Crippen molar-refractivity contribution in [1.82, 2.24) is 19.8 Å². The zero-order valence-electron chi connectivity index (χ0n) is 12.4. The molecule has 2 aromatic heterocycles. The van der Waals surface area contributed by atoms with Gasteiger partial charge in [0.15, 0.2) is 5.82 Å². The van der Waals surface area contributed by atoms with Crippen molar-refractivity contribution in [2.45, 2.75) is 13.3 Å². The van der Waals surface area contributed by atoms with Gasteiger partial charge in [-0.15, -0.1) is 10.2 Å². The first-order chi connectivity index (χ1) is 11.2. The molecule has 0 aliphatic carbocycles. The average molecular weight is 324 g/mol. The first kappa shape index (κ1) is 14.0. The van der Waals surface area contributed by atoms with E-state index < -0.39 is 0 Å². The molecule has 4 nitrogen and oxygen atoms in total. The number of rotatable bonds is 3. The number of hydrogen-bond donors (Lipinski definition) is 0. The van der Waals surface area contributed by atoms with E-state index in [-0.39, 0.29) is 5.82 Å².